The number of hydrogen-bond acceptors (Lipinski definition) is 3. The van der Waals surface area contributed by atoms with Gasteiger partial charge in [0, 0.05) is 12.5 Å². The summed E-state index contributed by atoms with van der Waals surface area (Å²) in [6.45, 7) is 7.02. The van der Waals surface area contributed by atoms with Gasteiger partial charge in [-0.25, -0.2) is 0 Å². The van der Waals surface area contributed by atoms with Gasteiger partial charge in [0.15, 0.2) is 0 Å². The number of nitrogens with zero attached hydrogens (tertiary/aromatic N) is 3. The molecule has 1 aromatic rings. The van der Waals surface area contributed by atoms with Crippen LogP contribution in [-0.4, -0.2) is 14.8 Å². The average Bonchev–Trinajstić information content (AvgIpc) is 2.72. The molecule has 0 aliphatic rings. The van der Waals surface area contributed by atoms with Crippen LogP contribution in [0, 0.1) is 0 Å². The summed E-state index contributed by atoms with van der Waals surface area (Å²) in [5.74, 6) is 2.00. The highest BCUT2D eigenvalue weighted by molar-refractivity contribution is 4.97. The molecular weight excluding hydrogens is 212 g/mol. The summed E-state index contributed by atoms with van der Waals surface area (Å²) in [6, 6.07) is 0.397. The maximum atomic E-state index is 5.67. The first-order valence-electron chi connectivity index (χ1n) is 6.83. The van der Waals surface area contributed by atoms with Crippen LogP contribution < -0.4 is 5.73 Å². The minimum Gasteiger partial charge on any atom is -0.324 e. The van der Waals surface area contributed by atoms with Gasteiger partial charge in [-0.15, -0.1) is 10.2 Å². The van der Waals surface area contributed by atoms with E-state index in [0.717, 1.165) is 18.1 Å². The Bertz CT molecular complexity index is 317. The van der Waals surface area contributed by atoms with E-state index in [1.807, 2.05) is 0 Å². The monoisotopic (exact) mass is 238 g/mol. The molecule has 98 valence electrons. The lowest BCUT2D eigenvalue weighted by Crippen LogP contribution is -2.13. The molecule has 1 aromatic heterocycles. The molecule has 0 aliphatic carbocycles. The molecule has 0 spiro atoms. The van der Waals surface area contributed by atoms with E-state index in [0.29, 0.717) is 12.6 Å². The quantitative estimate of drug-likeness (QED) is 0.708. The summed E-state index contributed by atoms with van der Waals surface area (Å²) in [6.07, 6.45) is 7.47. The van der Waals surface area contributed by atoms with E-state index in [9.17, 15) is 0 Å². The summed E-state index contributed by atoms with van der Waals surface area (Å²) in [4.78, 5) is 0. The molecule has 0 saturated carbocycles. The van der Waals surface area contributed by atoms with Crippen molar-refractivity contribution in [3.8, 4) is 0 Å². The van der Waals surface area contributed by atoms with Crippen molar-refractivity contribution >= 4 is 0 Å². The lowest BCUT2D eigenvalue weighted by molar-refractivity contribution is 0.529. The van der Waals surface area contributed by atoms with Gasteiger partial charge in [-0.2, -0.15) is 0 Å². The zero-order valence-electron chi connectivity index (χ0n) is 11.4. The molecule has 1 rings (SSSR count). The van der Waals surface area contributed by atoms with Crippen LogP contribution in [0.15, 0.2) is 0 Å². The summed E-state index contributed by atoms with van der Waals surface area (Å²) in [7, 11) is 0. The minimum atomic E-state index is 0.397. The van der Waals surface area contributed by atoms with Crippen molar-refractivity contribution in [3.63, 3.8) is 0 Å². The standard InChI is InChI=1S/C13H26N4/c1-4-5-6-7-8-9-12-15-16-13(10-14)17(12)11(2)3/h11H,4-10,14H2,1-3H3. The molecule has 1 heterocycles. The third-order valence-electron chi connectivity index (χ3n) is 3.04. The molecule has 0 bridgehead atoms. The van der Waals surface area contributed by atoms with Crippen molar-refractivity contribution < 1.29 is 0 Å². The first-order chi connectivity index (χ1) is 8.20. The Morgan fingerprint density at radius 1 is 1.06 bits per heavy atom. The van der Waals surface area contributed by atoms with Crippen LogP contribution in [0.4, 0.5) is 0 Å². The van der Waals surface area contributed by atoms with Crippen molar-refractivity contribution in [3.05, 3.63) is 11.6 Å². The Morgan fingerprint density at radius 2 is 1.71 bits per heavy atom. The second kappa shape index (κ2) is 7.43. The second-order valence-corrected chi connectivity index (χ2v) is 4.86. The Hall–Kier alpha value is -0.900. The smallest absolute Gasteiger partial charge is 0.147 e. The SMILES string of the molecule is CCCCCCCc1nnc(CN)n1C(C)C. The zero-order valence-corrected chi connectivity index (χ0v) is 11.4. The molecule has 0 unspecified atom stereocenters. The number of aromatic nitrogens is 3. The van der Waals surface area contributed by atoms with Crippen LogP contribution in [0.3, 0.4) is 0 Å². The average molecular weight is 238 g/mol. The van der Waals surface area contributed by atoms with E-state index >= 15 is 0 Å². The van der Waals surface area contributed by atoms with E-state index in [-0.39, 0.29) is 0 Å². The van der Waals surface area contributed by atoms with Crippen LogP contribution in [0.5, 0.6) is 0 Å². The van der Waals surface area contributed by atoms with E-state index in [1.165, 1.54) is 32.1 Å². The Balaban J connectivity index is 2.50. The van der Waals surface area contributed by atoms with Crippen LogP contribution in [0.1, 0.15) is 70.6 Å². The largest absolute Gasteiger partial charge is 0.324 e. The van der Waals surface area contributed by atoms with Gasteiger partial charge in [-0.05, 0) is 20.3 Å². The normalized spacial score (nSPS) is 11.4. The third-order valence-corrected chi connectivity index (χ3v) is 3.04. The number of nitrogens with two attached hydrogens (primary N) is 1. The molecular formula is C13H26N4. The van der Waals surface area contributed by atoms with Gasteiger partial charge in [0.1, 0.15) is 11.6 Å². The highest BCUT2D eigenvalue weighted by Gasteiger charge is 2.12. The number of unbranched alkanes of at least 4 members (excludes halogenated alkanes) is 4. The highest BCUT2D eigenvalue weighted by Crippen LogP contribution is 2.14. The summed E-state index contributed by atoms with van der Waals surface area (Å²) >= 11 is 0. The molecule has 0 atom stereocenters. The van der Waals surface area contributed by atoms with Crippen molar-refractivity contribution in [2.75, 3.05) is 0 Å². The van der Waals surface area contributed by atoms with Crippen molar-refractivity contribution in [1.82, 2.24) is 14.8 Å². The summed E-state index contributed by atoms with van der Waals surface area (Å²) in [5.41, 5.74) is 5.67. The first kappa shape index (κ1) is 14.2. The molecule has 4 nitrogen and oxygen atoms in total. The maximum Gasteiger partial charge on any atom is 0.147 e. The molecule has 0 amide bonds. The molecule has 17 heavy (non-hydrogen) atoms. The second-order valence-electron chi connectivity index (χ2n) is 4.86. The van der Waals surface area contributed by atoms with E-state index in [2.05, 4.69) is 35.5 Å². The lowest BCUT2D eigenvalue weighted by atomic mass is 10.1. The van der Waals surface area contributed by atoms with Crippen LogP contribution in [0.25, 0.3) is 0 Å². The zero-order chi connectivity index (χ0) is 12.7. The molecule has 0 aromatic carbocycles. The van der Waals surface area contributed by atoms with Gasteiger partial charge in [-0.1, -0.05) is 32.6 Å². The lowest BCUT2D eigenvalue weighted by Gasteiger charge is -2.13. The van der Waals surface area contributed by atoms with Gasteiger partial charge < -0.3 is 10.3 Å². The number of aryl methyl sites for hydroxylation is 1. The molecule has 0 aliphatic heterocycles. The van der Waals surface area contributed by atoms with Crippen molar-refractivity contribution in [2.45, 2.75) is 71.9 Å². The topological polar surface area (TPSA) is 56.7 Å². The van der Waals surface area contributed by atoms with Crippen LogP contribution in [0.2, 0.25) is 0 Å². The van der Waals surface area contributed by atoms with Crippen molar-refractivity contribution in [2.24, 2.45) is 5.73 Å². The fourth-order valence-corrected chi connectivity index (χ4v) is 2.15. The van der Waals surface area contributed by atoms with Gasteiger partial charge in [0.05, 0.1) is 6.54 Å². The van der Waals surface area contributed by atoms with Gasteiger partial charge in [-0.3, -0.25) is 0 Å². The number of rotatable bonds is 8. The number of hydrogen-bond donors (Lipinski definition) is 1. The predicted molar refractivity (Wildman–Crippen MR) is 70.8 cm³/mol. The fraction of sp³-hybridized carbons (Fsp3) is 0.846. The predicted octanol–water partition coefficient (Wildman–Crippen LogP) is 2.83. The Morgan fingerprint density at radius 3 is 2.29 bits per heavy atom. The van der Waals surface area contributed by atoms with E-state index in [1.54, 1.807) is 0 Å². The minimum absolute atomic E-state index is 0.397. The van der Waals surface area contributed by atoms with Gasteiger partial charge >= 0.3 is 0 Å². The molecule has 2 N–H and O–H groups in total. The van der Waals surface area contributed by atoms with Crippen molar-refractivity contribution in [1.29, 1.82) is 0 Å². The highest BCUT2D eigenvalue weighted by atomic mass is 15.3. The molecule has 4 heteroatoms. The Labute approximate surface area is 105 Å². The Kier molecular flexibility index (Phi) is 6.19. The van der Waals surface area contributed by atoms with Gasteiger partial charge in [0.2, 0.25) is 0 Å². The van der Waals surface area contributed by atoms with Crippen LogP contribution in [-0.2, 0) is 13.0 Å². The molecule has 0 fully saturated rings. The van der Waals surface area contributed by atoms with E-state index in [4.69, 9.17) is 5.73 Å². The van der Waals surface area contributed by atoms with E-state index < -0.39 is 0 Å². The molecule has 0 saturated heterocycles. The molecule has 0 radical (unpaired) electrons. The first-order valence-corrected chi connectivity index (χ1v) is 6.83. The summed E-state index contributed by atoms with van der Waals surface area (Å²) in [5, 5.41) is 8.42. The third kappa shape index (κ3) is 4.11. The van der Waals surface area contributed by atoms with Gasteiger partial charge in [0.25, 0.3) is 0 Å². The van der Waals surface area contributed by atoms with Crippen LogP contribution >= 0.6 is 0 Å². The summed E-state index contributed by atoms with van der Waals surface area (Å²) < 4.78 is 2.18. The maximum absolute atomic E-state index is 5.67. The fourth-order valence-electron chi connectivity index (χ4n) is 2.15.